The first-order valence-corrected chi connectivity index (χ1v) is 23.8. The second-order valence-electron chi connectivity index (χ2n) is 16.6. The Kier molecular flexibility index (Phi) is 40.3. The fourth-order valence-corrected chi connectivity index (χ4v) is 6.38. The predicted molar refractivity (Wildman–Crippen MR) is 256 cm³/mol. The standard InChI is InChI=1S/C53H87NO7/c1-6-8-10-12-14-16-18-20-22-24-25-26-28-30-32-34-36-38-40-42-44-52(56)61-49(47-59-46-45-50(53(57)58)54(3,4)5)48-60-51(55)43-41-39-37-35-33-31-29-27-23-21-19-17-15-13-11-9-7-2/h8-11,14-17,20-23,29,31,35,37,49-50H,6-7,12-13,18-19,24-28,30,32-34,36,38-48H2,1-5H3/p+1/b10-8+,11-9+,16-14+,17-15+,22-20+,23-21+,31-29+,37-35+. The first-order valence-electron chi connectivity index (χ1n) is 23.8. The number of carbonyl (C=O) groups excluding carboxylic acids is 2. The minimum Gasteiger partial charge on any atom is -0.477 e. The second-order valence-corrected chi connectivity index (χ2v) is 16.6. The summed E-state index contributed by atoms with van der Waals surface area (Å²) < 4.78 is 17.3. The summed E-state index contributed by atoms with van der Waals surface area (Å²) in [5.41, 5.74) is 0. The highest BCUT2D eigenvalue weighted by molar-refractivity contribution is 5.72. The topological polar surface area (TPSA) is 99.1 Å². The molecule has 8 heteroatoms. The lowest BCUT2D eigenvalue weighted by atomic mass is 10.0. The second kappa shape index (κ2) is 42.9. The molecule has 0 saturated carbocycles. The van der Waals surface area contributed by atoms with Crippen LogP contribution >= 0.6 is 0 Å². The summed E-state index contributed by atoms with van der Waals surface area (Å²) in [7, 11) is 5.50. The maximum Gasteiger partial charge on any atom is 0.362 e. The Bertz CT molecular complexity index is 1310. The summed E-state index contributed by atoms with van der Waals surface area (Å²) in [6.45, 7) is 4.44. The molecule has 0 heterocycles. The molecular formula is C53H88NO7+. The van der Waals surface area contributed by atoms with Gasteiger partial charge in [-0.3, -0.25) is 9.59 Å². The highest BCUT2D eigenvalue weighted by Gasteiger charge is 2.31. The monoisotopic (exact) mass is 851 g/mol. The lowest BCUT2D eigenvalue weighted by Gasteiger charge is -2.31. The van der Waals surface area contributed by atoms with Gasteiger partial charge in [0.2, 0.25) is 0 Å². The molecule has 0 aliphatic heterocycles. The lowest BCUT2D eigenvalue weighted by molar-refractivity contribution is -0.887. The summed E-state index contributed by atoms with van der Waals surface area (Å²) in [5, 5.41) is 9.64. The van der Waals surface area contributed by atoms with Gasteiger partial charge in [-0.2, -0.15) is 0 Å². The number of carboxylic acids is 1. The first kappa shape index (κ1) is 57.2. The van der Waals surface area contributed by atoms with Crippen LogP contribution in [0.4, 0.5) is 0 Å². The fourth-order valence-electron chi connectivity index (χ4n) is 6.38. The number of unbranched alkanes of at least 4 members (excludes halogenated alkanes) is 11. The van der Waals surface area contributed by atoms with E-state index in [9.17, 15) is 19.5 Å². The van der Waals surface area contributed by atoms with E-state index in [4.69, 9.17) is 14.2 Å². The van der Waals surface area contributed by atoms with E-state index in [1.807, 2.05) is 21.1 Å². The molecule has 2 unspecified atom stereocenters. The number of esters is 2. The van der Waals surface area contributed by atoms with Crippen LogP contribution in [0.25, 0.3) is 0 Å². The van der Waals surface area contributed by atoms with Gasteiger partial charge in [0.15, 0.2) is 12.1 Å². The molecule has 1 N–H and O–H groups in total. The van der Waals surface area contributed by atoms with Crippen LogP contribution in [0.3, 0.4) is 0 Å². The van der Waals surface area contributed by atoms with Crippen LogP contribution in [-0.2, 0) is 28.6 Å². The molecule has 2 atom stereocenters. The maximum atomic E-state index is 12.8. The molecule has 61 heavy (non-hydrogen) atoms. The zero-order valence-electron chi connectivity index (χ0n) is 39.3. The molecule has 346 valence electrons. The molecule has 0 aromatic rings. The number of hydrogen-bond donors (Lipinski definition) is 1. The van der Waals surface area contributed by atoms with E-state index in [1.165, 1.54) is 51.4 Å². The van der Waals surface area contributed by atoms with Gasteiger partial charge in [-0.15, -0.1) is 0 Å². The van der Waals surface area contributed by atoms with Crippen LogP contribution in [0, 0.1) is 0 Å². The van der Waals surface area contributed by atoms with Crippen LogP contribution in [0.1, 0.15) is 168 Å². The third kappa shape index (κ3) is 41.4. The number of allylic oxidation sites excluding steroid dienone is 16. The quantitative estimate of drug-likeness (QED) is 0.0283. The van der Waals surface area contributed by atoms with Crippen molar-refractivity contribution >= 4 is 17.9 Å². The number of aliphatic carboxylic acids is 1. The number of nitrogens with zero attached hydrogens (tertiary/aromatic N) is 1. The average Bonchev–Trinajstić information content (AvgIpc) is 3.22. The molecule has 0 saturated heterocycles. The Balaban J connectivity index is 4.39. The molecule has 0 aromatic carbocycles. The van der Waals surface area contributed by atoms with Crippen molar-refractivity contribution in [3.8, 4) is 0 Å². The summed E-state index contributed by atoms with van der Waals surface area (Å²) in [4.78, 5) is 37.1. The molecule has 0 aliphatic carbocycles. The van der Waals surface area contributed by atoms with E-state index in [0.29, 0.717) is 19.3 Å². The number of carboxylic acid groups (broad SMARTS) is 1. The summed E-state index contributed by atoms with van der Waals surface area (Å²) in [6, 6.07) is -0.629. The van der Waals surface area contributed by atoms with Crippen molar-refractivity contribution in [2.75, 3.05) is 41.0 Å². The predicted octanol–water partition coefficient (Wildman–Crippen LogP) is 13.5. The number of carbonyl (C=O) groups is 3. The number of ether oxygens (including phenoxy) is 3. The Morgan fingerprint density at radius 1 is 0.492 bits per heavy atom. The largest absolute Gasteiger partial charge is 0.477 e. The highest BCUT2D eigenvalue weighted by Crippen LogP contribution is 2.14. The van der Waals surface area contributed by atoms with Gasteiger partial charge in [0.05, 0.1) is 34.4 Å². The van der Waals surface area contributed by atoms with Gasteiger partial charge < -0.3 is 23.8 Å². The van der Waals surface area contributed by atoms with Gasteiger partial charge in [0, 0.05) is 19.3 Å². The number of likely N-dealkylation sites (N-methyl/N-ethyl adjacent to an activating group) is 1. The van der Waals surface area contributed by atoms with E-state index < -0.39 is 18.1 Å². The fraction of sp³-hybridized carbons (Fsp3) is 0.642. The van der Waals surface area contributed by atoms with E-state index >= 15 is 0 Å². The Hall–Kier alpha value is -3.75. The molecule has 0 spiro atoms. The van der Waals surface area contributed by atoms with E-state index in [2.05, 4.69) is 111 Å². The van der Waals surface area contributed by atoms with Crippen LogP contribution in [0.2, 0.25) is 0 Å². The van der Waals surface area contributed by atoms with Crippen molar-refractivity contribution in [3.63, 3.8) is 0 Å². The van der Waals surface area contributed by atoms with Crippen molar-refractivity contribution in [1.29, 1.82) is 0 Å². The molecule has 0 aromatic heterocycles. The van der Waals surface area contributed by atoms with Gasteiger partial charge in [0.1, 0.15) is 6.61 Å². The maximum absolute atomic E-state index is 12.8. The van der Waals surface area contributed by atoms with Gasteiger partial charge in [-0.25, -0.2) is 4.79 Å². The summed E-state index contributed by atoms with van der Waals surface area (Å²) >= 11 is 0. The van der Waals surface area contributed by atoms with E-state index in [1.54, 1.807) is 0 Å². The zero-order valence-corrected chi connectivity index (χ0v) is 39.3. The van der Waals surface area contributed by atoms with Crippen molar-refractivity contribution in [1.82, 2.24) is 0 Å². The van der Waals surface area contributed by atoms with Crippen molar-refractivity contribution in [2.24, 2.45) is 0 Å². The Morgan fingerprint density at radius 2 is 0.885 bits per heavy atom. The van der Waals surface area contributed by atoms with Crippen LogP contribution in [-0.4, -0.2) is 80.6 Å². The van der Waals surface area contributed by atoms with E-state index in [-0.39, 0.29) is 42.7 Å². The molecule has 0 radical (unpaired) electrons. The molecule has 8 nitrogen and oxygen atoms in total. The molecule has 0 aliphatic rings. The number of rotatable bonds is 41. The summed E-state index contributed by atoms with van der Waals surface area (Å²) in [5.74, 6) is -1.56. The minimum atomic E-state index is -0.887. The minimum absolute atomic E-state index is 0.0360. The van der Waals surface area contributed by atoms with Gasteiger partial charge in [-0.05, 0) is 83.5 Å². The van der Waals surface area contributed by atoms with Crippen molar-refractivity contribution in [3.05, 3.63) is 97.2 Å². The molecule has 0 fully saturated rings. The van der Waals surface area contributed by atoms with Crippen LogP contribution < -0.4 is 0 Å². The third-order valence-corrected chi connectivity index (χ3v) is 9.98. The lowest BCUT2D eigenvalue weighted by Crippen LogP contribution is -2.50. The molecule has 0 bridgehead atoms. The molecule has 0 rings (SSSR count). The van der Waals surface area contributed by atoms with E-state index in [0.717, 1.165) is 77.0 Å². The average molecular weight is 851 g/mol. The number of hydrogen-bond acceptors (Lipinski definition) is 6. The van der Waals surface area contributed by atoms with Crippen molar-refractivity contribution in [2.45, 2.75) is 180 Å². The first-order chi connectivity index (χ1) is 29.6. The molecule has 0 amide bonds. The van der Waals surface area contributed by atoms with Gasteiger partial charge >= 0.3 is 17.9 Å². The third-order valence-electron chi connectivity index (χ3n) is 9.98. The highest BCUT2D eigenvalue weighted by atomic mass is 16.6. The normalized spacial score (nSPS) is 13.8. The Labute approximate surface area is 373 Å². The Morgan fingerprint density at radius 3 is 1.33 bits per heavy atom. The molecular weight excluding hydrogens is 763 g/mol. The van der Waals surface area contributed by atoms with Gasteiger partial charge in [0.25, 0.3) is 0 Å². The number of quaternary nitrogens is 1. The van der Waals surface area contributed by atoms with Crippen molar-refractivity contribution < 1.29 is 38.2 Å². The van der Waals surface area contributed by atoms with Crippen LogP contribution in [0.5, 0.6) is 0 Å². The zero-order chi connectivity index (χ0) is 44.9. The summed E-state index contributed by atoms with van der Waals surface area (Å²) in [6.07, 6.45) is 57.5. The van der Waals surface area contributed by atoms with Gasteiger partial charge in [-0.1, -0.05) is 162 Å². The SMILES string of the molecule is CC/C=C/C/C=C/C/C=C/C/C=C/C/C=C/CCCC(=O)OCC(COCCC(C(=O)O)[N+](C)(C)C)OC(=O)CCCCCCCCCCCC/C=C/C/C=C/C/C=C/CC. The van der Waals surface area contributed by atoms with Crippen LogP contribution in [0.15, 0.2) is 97.2 Å². The smallest absolute Gasteiger partial charge is 0.362 e.